The van der Waals surface area contributed by atoms with Crippen LogP contribution in [0.2, 0.25) is 0 Å². The molecule has 1 aromatic carbocycles. The molecule has 0 radical (unpaired) electrons. The molecule has 6 nitrogen and oxygen atoms in total. The molecule has 3 aromatic heterocycles. The van der Waals surface area contributed by atoms with Crippen molar-refractivity contribution in [3.05, 3.63) is 66.3 Å². The molecule has 0 aliphatic heterocycles. The molecule has 0 bridgehead atoms. The Labute approximate surface area is 146 Å². The van der Waals surface area contributed by atoms with E-state index in [2.05, 4.69) is 25.3 Å². The van der Waals surface area contributed by atoms with Crippen LogP contribution < -0.4 is 10.1 Å². The molecule has 0 aliphatic carbocycles. The van der Waals surface area contributed by atoms with Gasteiger partial charge in [0.05, 0.1) is 0 Å². The van der Waals surface area contributed by atoms with E-state index in [4.69, 9.17) is 4.74 Å². The number of aromatic amines is 1. The van der Waals surface area contributed by atoms with E-state index in [-0.39, 0.29) is 17.4 Å². The number of aryl methyl sites for hydroxylation is 1. The molecular weight excluding hydrogens is 340 g/mol. The Morgan fingerprint density at radius 3 is 2.73 bits per heavy atom. The van der Waals surface area contributed by atoms with Gasteiger partial charge < -0.3 is 15.0 Å². The van der Waals surface area contributed by atoms with Crippen molar-refractivity contribution < 1.29 is 13.5 Å². The number of H-pyrrole nitrogens is 1. The maximum absolute atomic E-state index is 14.6. The Balaban J connectivity index is 1.66. The fourth-order valence-electron chi connectivity index (χ4n) is 2.54. The Morgan fingerprint density at radius 1 is 1.04 bits per heavy atom. The van der Waals surface area contributed by atoms with Gasteiger partial charge in [-0.15, -0.1) is 0 Å². The molecule has 0 spiro atoms. The minimum atomic E-state index is -0.845. The smallest absolute Gasteiger partial charge is 0.261 e. The van der Waals surface area contributed by atoms with Crippen LogP contribution in [-0.4, -0.2) is 19.9 Å². The summed E-state index contributed by atoms with van der Waals surface area (Å²) in [6.45, 7) is 1.82. The lowest BCUT2D eigenvalue weighted by molar-refractivity contribution is 0.400. The summed E-state index contributed by atoms with van der Waals surface area (Å²) >= 11 is 0. The number of fused-ring (bicyclic) bond motifs is 1. The van der Waals surface area contributed by atoms with E-state index in [1.54, 1.807) is 36.5 Å². The summed E-state index contributed by atoms with van der Waals surface area (Å²) in [6.07, 6.45) is 2.68. The largest absolute Gasteiger partial charge is 0.433 e. The number of nitrogens with zero attached hydrogens (tertiary/aromatic N) is 3. The topological polar surface area (TPSA) is 75.7 Å². The molecule has 4 aromatic rings. The highest BCUT2D eigenvalue weighted by Gasteiger charge is 2.17. The maximum Gasteiger partial charge on any atom is 0.261 e. The summed E-state index contributed by atoms with van der Waals surface area (Å²) in [5.41, 5.74) is 1.44. The first kappa shape index (κ1) is 15.9. The number of nitrogens with one attached hydrogen (secondary N) is 2. The second-order valence-corrected chi connectivity index (χ2v) is 5.57. The first-order chi connectivity index (χ1) is 12.6. The first-order valence-corrected chi connectivity index (χ1v) is 7.76. The molecule has 0 saturated heterocycles. The number of ether oxygens (including phenoxy) is 1. The monoisotopic (exact) mass is 353 g/mol. The van der Waals surface area contributed by atoms with E-state index in [0.29, 0.717) is 16.7 Å². The van der Waals surface area contributed by atoms with Gasteiger partial charge in [0, 0.05) is 22.8 Å². The van der Waals surface area contributed by atoms with Gasteiger partial charge in [0.2, 0.25) is 5.82 Å². The Bertz CT molecular complexity index is 1080. The van der Waals surface area contributed by atoms with Crippen LogP contribution >= 0.6 is 0 Å². The van der Waals surface area contributed by atoms with Crippen LogP contribution in [-0.2, 0) is 0 Å². The number of rotatable bonds is 4. The number of benzene rings is 1. The zero-order valence-electron chi connectivity index (χ0n) is 13.6. The van der Waals surface area contributed by atoms with Crippen molar-refractivity contribution in [2.24, 2.45) is 0 Å². The van der Waals surface area contributed by atoms with Crippen LogP contribution in [0.5, 0.6) is 11.6 Å². The van der Waals surface area contributed by atoms with Gasteiger partial charge in [-0.1, -0.05) is 6.07 Å². The lowest BCUT2D eigenvalue weighted by Gasteiger charge is -2.10. The normalized spacial score (nSPS) is 10.9. The van der Waals surface area contributed by atoms with Crippen LogP contribution in [0.3, 0.4) is 0 Å². The third-order valence-corrected chi connectivity index (χ3v) is 3.71. The molecule has 0 unspecified atom stereocenters. The van der Waals surface area contributed by atoms with Crippen LogP contribution in [0.15, 0.2) is 48.9 Å². The predicted molar refractivity (Wildman–Crippen MR) is 92.6 cm³/mol. The molecule has 0 aliphatic rings. The lowest BCUT2D eigenvalue weighted by Crippen LogP contribution is -2.02. The van der Waals surface area contributed by atoms with Gasteiger partial charge in [-0.3, -0.25) is 0 Å². The van der Waals surface area contributed by atoms with E-state index >= 15 is 0 Å². The van der Waals surface area contributed by atoms with Crippen LogP contribution in [0, 0.1) is 18.6 Å². The molecule has 2 N–H and O–H groups in total. The fraction of sp³-hybridized carbons (Fsp3) is 0.0556. The van der Waals surface area contributed by atoms with Crippen molar-refractivity contribution in [2.45, 2.75) is 6.92 Å². The molecule has 4 rings (SSSR count). The lowest BCUT2D eigenvalue weighted by atomic mass is 10.2. The molecular formula is C18H13F2N5O. The van der Waals surface area contributed by atoms with Gasteiger partial charge in [0.1, 0.15) is 12.1 Å². The van der Waals surface area contributed by atoms with Crippen LogP contribution in [0.1, 0.15) is 5.69 Å². The molecule has 0 fully saturated rings. The summed E-state index contributed by atoms with van der Waals surface area (Å²) in [7, 11) is 0. The average molecular weight is 353 g/mol. The quantitative estimate of drug-likeness (QED) is 0.566. The summed E-state index contributed by atoms with van der Waals surface area (Å²) in [5.74, 6) is -1.66. The third-order valence-electron chi connectivity index (χ3n) is 3.71. The van der Waals surface area contributed by atoms with Crippen molar-refractivity contribution in [1.82, 2.24) is 19.9 Å². The molecule has 3 heterocycles. The second kappa shape index (κ2) is 6.40. The predicted octanol–water partition coefficient (Wildman–Crippen LogP) is 4.48. The standard InChI is InChI=1S/C18H13F2N5O/c1-10-8-11-12(24-10)5-6-13(15(11)19)26-18-16(20)17(22-9-23-18)25-14-4-2-3-7-21-14/h2-9,24H,1H3,(H,21,22,23,25). The molecule has 26 heavy (non-hydrogen) atoms. The van der Waals surface area contributed by atoms with E-state index in [1.165, 1.54) is 6.07 Å². The summed E-state index contributed by atoms with van der Waals surface area (Å²) in [4.78, 5) is 14.7. The number of aromatic nitrogens is 4. The number of pyridine rings is 1. The maximum atomic E-state index is 14.6. The first-order valence-electron chi connectivity index (χ1n) is 7.76. The molecule has 0 saturated carbocycles. The zero-order valence-corrected chi connectivity index (χ0v) is 13.6. The number of halogens is 2. The number of hydrogen-bond acceptors (Lipinski definition) is 5. The summed E-state index contributed by atoms with van der Waals surface area (Å²) < 4.78 is 34.6. The average Bonchev–Trinajstić information content (AvgIpc) is 3.03. The van der Waals surface area contributed by atoms with E-state index in [9.17, 15) is 8.78 Å². The number of anilines is 2. The van der Waals surface area contributed by atoms with Gasteiger partial charge in [0.15, 0.2) is 17.4 Å². The van der Waals surface area contributed by atoms with Crippen molar-refractivity contribution in [1.29, 1.82) is 0 Å². The fourth-order valence-corrected chi connectivity index (χ4v) is 2.54. The highest BCUT2D eigenvalue weighted by atomic mass is 19.1. The Kier molecular flexibility index (Phi) is 3.92. The minimum absolute atomic E-state index is 0.118. The number of hydrogen-bond donors (Lipinski definition) is 2. The molecule has 130 valence electrons. The van der Waals surface area contributed by atoms with Crippen LogP contribution in [0.25, 0.3) is 10.9 Å². The van der Waals surface area contributed by atoms with Gasteiger partial charge in [-0.25, -0.2) is 14.4 Å². The van der Waals surface area contributed by atoms with Crippen molar-refractivity contribution >= 4 is 22.5 Å². The van der Waals surface area contributed by atoms with Gasteiger partial charge in [-0.2, -0.15) is 9.37 Å². The zero-order chi connectivity index (χ0) is 18.1. The molecule has 8 heteroatoms. The summed E-state index contributed by atoms with van der Waals surface area (Å²) in [5, 5.41) is 3.09. The Morgan fingerprint density at radius 2 is 1.92 bits per heavy atom. The van der Waals surface area contributed by atoms with E-state index in [0.717, 1.165) is 12.0 Å². The van der Waals surface area contributed by atoms with E-state index in [1.807, 2.05) is 6.92 Å². The van der Waals surface area contributed by atoms with Gasteiger partial charge in [-0.05, 0) is 37.3 Å². The Hall–Kier alpha value is -3.55. The highest BCUT2D eigenvalue weighted by Crippen LogP contribution is 2.32. The van der Waals surface area contributed by atoms with Crippen LogP contribution in [0.4, 0.5) is 20.4 Å². The van der Waals surface area contributed by atoms with Gasteiger partial charge in [0.25, 0.3) is 5.88 Å². The second-order valence-electron chi connectivity index (χ2n) is 5.57. The molecule has 0 amide bonds. The summed E-state index contributed by atoms with van der Waals surface area (Å²) in [6, 6.07) is 9.87. The van der Waals surface area contributed by atoms with Crippen molar-refractivity contribution in [3.8, 4) is 11.6 Å². The van der Waals surface area contributed by atoms with Gasteiger partial charge >= 0.3 is 0 Å². The SMILES string of the molecule is Cc1cc2c(F)c(Oc3ncnc(Nc4ccccn4)c3F)ccc2[nH]1. The van der Waals surface area contributed by atoms with Crippen molar-refractivity contribution in [3.63, 3.8) is 0 Å². The highest BCUT2D eigenvalue weighted by molar-refractivity contribution is 5.82. The molecule has 0 atom stereocenters. The van der Waals surface area contributed by atoms with Crippen molar-refractivity contribution in [2.75, 3.05) is 5.32 Å². The minimum Gasteiger partial charge on any atom is -0.433 e. The third kappa shape index (κ3) is 2.92. The van der Waals surface area contributed by atoms with E-state index < -0.39 is 11.6 Å².